The van der Waals surface area contributed by atoms with Crippen LogP contribution in [0.3, 0.4) is 0 Å². The second-order valence-electron chi connectivity index (χ2n) is 6.08. The maximum absolute atomic E-state index is 11.8. The highest BCUT2D eigenvalue weighted by Gasteiger charge is 2.14. The molecule has 0 aliphatic heterocycles. The fourth-order valence-electron chi connectivity index (χ4n) is 1.71. The molecule has 0 unspecified atom stereocenters. The van der Waals surface area contributed by atoms with E-state index >= 15 is 0 Å². The summed E-state index contributed by atoms with van der Waals surface area (Å²) in [7, 11) is 0. The first kappa shape index (κ1) is 20.6. The standard InChI is InChI=1S/C17H23ClN4O3/c1-10(2)9-19-15(23)7-12(4)21-22-17(25)16(24)20-13-6-5-11(3)14(18)8-13/h5-6,8,10H,7,9H2,1-4H3,(H,19,23)(H,20,24)(H,22,25)/b21-12+. The van der Waals surface area contributed by atoms with Gasteiger partial charge in [-0.25, -0.2) is 5.43 Å². The lowest BCUT2D eigenvalue weighted by molar-refractivity contribution is -0.136. The molecule has 0 bridgehead atoms. The molecule has 0 atom stereocenters. The molecule has 25 heavy (non-hydrogen) atoms. The van der Waals surface area contributed by atoms with Crippen LogP contribution >= 0.6 is 11.6 Å². The Balaban J connectivity index is 2.49. The fraction of sp³-hybridized carbons (Fsp3) is 0.412. The topological polar surface area (TPSA) is 99.7 Å². The van der Waals surface area contributed by atoms with Crippen LogP contribution in [0, 0.1) is 12.8 Å². The number of carbonyl (C=O) groups excluding carboxylic acids is 3. The number of aryl methyl sites for hydroxylation is 1. The Morgan fingerprint density at radius 1 is 1.20 bits per heavy atom. The number of amides is 3. The largest absolute Gasteiger partial charge is 0.356 e. The Hall–Kier alpha value is -2.41. The van der Waals surface area contributed by atoms with E-state index in [1.54, 1.807) is 25.1 Å². The minimum Gasteiger partial charge on any atom is -0.356 e. The van der Waals surface area contributed by atoms with Crippen LogP contribution in [0.15, 0.2) is 23.3 Å². The number of anilines is 1. The van der Waals surface area contributed by atoms with Crippen LogP contribution in [0.25, 0.3) is 0 Å². The van der Waals surface area contributed by atoms with Crippen LogP contribution in [-0.2, 0) is 14.4 Å². The van der Waals surface area contributed by atoms with Gasteiger partial charge in [0.1, 0.15) is 0 Å². The number of nitrogens with zero attached hydrogens (tertiary/aromatic N) is 1. The van der Waals surface area contributed by atoms with E-state index in [1.165, 1.54) is 0 Å². The van der Waals surface area contributed by atoms with Gasteiger partial charge in [0.25, 0.3) is 0 Å². The van der Waals surface area contributed by atoms with E-state index in [0.29, 0.717) is 28.9 Å². The number of halogens is 1. The van der Waals surface area contributed by atoms with Crippen molar-refractivity contribution in [2.24, 2.45) is 11.0 Å². The zero-order valence-electron chi connectivity index (χ0n) is 14.8. The first-order valence-corrected chi connectivity index (χ1v) is 8.24. The SMILES string of the molecule is C/C(CC(=O)NCC(C)C)=N\NC(=O)C(=O)Nc1ccc(C)c(Cl)c1. The van der Waals surface area contributed by atoms with E-state index in [0.717, 1.165) is 5.56 Å². The van der Waals surface area contributed by atoms with Gasteiger partial charge in [-0.1, -0.05) is 31.5 Å². The third-order valence-electron chi connectivity index (χ3n) is 3.11. The molecule has 3 amide bonds. The monoisotopic (exact) mass is 366 g/mol. The first-order valence-electron chi connectivity index (χ1n) is 7.86. The number of benzene rings is 1. The van der Waals surface area contributed by atoms with Crippen LogP contribution in [0.2, 0.25) is 5.02 Å². The predicted molar refractivity (Wildman–Crippen MR) is 98.5 cm³/mol. The Bertz CT molecular complexity index is 686. The minimum atomic E-state index is -0.932. The van der Waals surface area contributed by atoms with E-state index in [1.807, 2.05) is 20.8 Å². The summed E-state index contributed by atoms with van der Waals surface area (Å²) >= 11 is 5.96. The highest BCUT2D eigenvalue weighted by molar-refractivity contribution is 6.40. The van der Waals surface area contributed by atoms with Crippen LogP contribution in [-0.4, -0.2) is 30.0 Å². The fourth-order valence-corrected chi connectivity index (χ4v) is 1.89. The molecule has 7 nitrogen and oxygen atoms in total. The van der Waals surface area contributed by atoms with Gasteiger partial charge in [-0.3, -0.25) is 14.4 Å². The summed E-state index contributed by atoms with van der Waals surface area (Å²) in [5, 5.41) is 9.41. The van der Waals surface area contributed by atoms with Gasteiger partial charge in [0, 0.05) is 23.0 Å². The van der Waals surface area contributed by atoms with Crippen LogP contribution in [0.4, 0.5) is 5.69 Å². The van der Waals surface area contributed by atoms with E-state index in [-0.39, 0.29) is 12.3 Å². The summed E-state index contributed by atoms with van der Waals surface area (Å²) in [4.78, 5) is 35.2. The number of nitrogens with one attached hydrogen (secondary N) is 3. The zero-order chi connectivity index (χ0) is 19.0. The van der Waals surface area contributed by atoms with Crippen molar-refractivity contribution in [2.45, 2.75) is 34.1 Å². The van der Waals surface area contributed by atoms with E-state index in [9.17, 15) is 14.4 Å². The zero-order valence-corrected chi connectivity index (χ0v) is 15.5. The lowest BCUT2D eigenvalue weighted by Gasteiger charge is -2.08. The number of rotatable bonds is 6. The molecule has 0 aliphatic rings. The van der Waals surface area contributed by atoms with Crippen molar-refractivity contribution in [3.63, 3.8) is 0 Å². The minimum absolute atomic E-state index is 0.0438. The third kappa shape index (κ3) is 7.80. The Labute approximate surface area is 152 Å². The van der Waals surface area contributed by atoms with Gasteiger partial charge in [0.15, 0.2) is 0 Å². The van der Waals surface area contributed by atoms with Gasteiger partial charge in [-0.05, 0) is 37.5 Å². The lowest BCUT2D eigenvalue weighted by atomic mass is 10.2. The normalized spacial score (nSPS) is 11.2. The van der Waals surface area contributed by atoms with Crippen LogP contribution < -0.4 is 16.1 Å². The highest BCUT2D eigenvalue weighted by Crippen LogP contribution is 2.19. The Morgan fingerprint density at radius 2 is 1.88 bits per heavy atom. The molecule has 1 rings (SSSR count). The van der Waals surface area contributed by atoms with E-state index < -0.39 is 11.8 Å². The van der Waals surface area contributed by atoms with Crippen LogP contribution in [0.1, 0.15) is 32.8 Å². The van der Waals surface area contributed by atoms with Gasteiger partial charge in [0.05, 0.1) is 6.42 Å². The molecule has 136 valence electrons. The molecule has 0 fully saturated rings. The number of hydrogen-bond donors (Lipinski definition) is 3. The summed E-state index contributed by atoms with van der Waals surface area (Å²) < 4.78 is 0. The van der Waals surface area contributed by atoms with Crippen molar-refractivity contribution in [1.82, 2.24) is 10.7 Å². The van der Waals surface area contributed by atoms with Gasteiger partial charge in [-0.15, -0.1) is 0 Å². The first-order chi connectivity index (χ1) is 11.7. The van der Waals surface area contributed by atoms with Crippen molar-refractivity contribution < 1.29 is 14.4 Å². The maximum atomic E-state index is 11.8. The molecule has 3 N–H and O–H groups in total. The van der Waals surface area contributed by atoms with Crippen molar-refractivity contribution in [3.8, 4) is 0 Å². The van der Waals surface area contributed by atoms with Crippen LogP contribution in [0.5, 0.6) is 0 Å². The number of carbonyl (C=O) groups is 3. The molecule has 1 aromatic rings. The van der Waals surface area contributed by atoms with Crippen molar-refractivity contribution >= 4 is 40.7 Å². The molecule has 0 aromatic heterocycles. The maximum Gasteiger partial charge on any atom is 0.329 e. The van der Waals surface area contributed by atoms with Crippen molar-refractivity contribution in [2.75, 3.05) is 11.9 Å². The molecular weight excluding hydrogens is 344 g/mol. The summed E-state index contributed by atoms with van der Waals surface area (Å²) in [5.74, 6) is -1.65. The molecule has 1 aromatic carbocycles. The second-order valence-corrected chi connectivity index (χ2v) is 6.49. The highest BCUT2D eigenvalue weighted by atomic mass is 35.5. The van der Waals surface area contributed by atoms with E-state index in [4.69, 9.17) is 11.6 Å². The number of hydrogen-bond acceptors (Lipinski definition) is 4. The average Bonchev–Trinajstić information content (AvgIpc) is 2.54. The smallest absolute Gasteiger partial charge is 0.329 e. The molecule has 0 spiro atoms. The summed E-state index contributed by atoms with van der Waals surface area (Å²) in [5.41, 5.74) is 3.78. The summed E-state index contributed by atoms with van der Waals surface area (Å²) in [6, 6.07) is 4.92. The lowest BCUT2D eigenvalue weighted by Crippen LogP contribution is -2.33. The summed E-state index contributed by atoms with van der Waals surface area (Å²) in [6.45, 7) is 7.96. The average molecular weight is 367 g/mol. The Morgan fingerprint density at radius 3 is 2.48 bits per heavy atom. The molecule has 0 saturated heterocycles. The second kappa shape index (κ2) is 9.78. The third-order valence-corrected chi connectivity index (χ3v) is 3.52. The predicted octanol–water partition coefficient (Wildman–Crippen LogP) is 2.24. The van der Waals surface area contributed by atoms with Gasteiger partial charge >= 0.3 is 11.8 Å². The van der Waals surface area contributed by atoms with Crippen molar-refractivity contribution in [3.05, 3.63) is 28.8 Å². The van der Waals surface area contributed by atoms with E-state index in [2.05, 4.69) is 21.2 Å². The van der Waals surface area contributed by atoms with Crippen molar-refractivity contribution in [1.29, 1.82) is 0 Å². The quantitative estimate of drug-likeness (QED) is 0.409. The molecule has 0 heterocycles. The Kier molecular flexibility index (Phi) is 8.07. The van der Waals surface area contributed by atoms with Gasteiger partial charge in [0.2, 0.25) is 5.91 Å². The molecule has 0 saturated carbocycles. The van der Waals surface area contributed by atoms with Gasteiger partial charge in [-0.2, -0.15) is 5.10 Å². The molecule has 0 radical (unpaired) electrons. The molecule has 0 aliphatic carbocycles. The number of hydrazone groups is 1. The molecular formula is C17H23ClN4O3. The molecule has 8 heteroatoms. The summed E-state index contributed by atoms with van der Waals surface area (Å²) in [6.07, 6.45) is 0.0438. The van der Waals surface area contributed by atoms with Gasteiger partial charge < -0.3 is 10.6 Å².